The van der Waals surface area contributed by atoms with Crippen LogP contribution in [0.25, 0.3) is 0 Å². The van der Waals surface area contributed by atoms with Crippen LogP contribution >= 0.6 is 11.6 Å². The van der Waals surface area contributed by atoms with Gasteiger partial charge in [-0.25, -0.2) is 0 Å². The standard InChI is InChI=1S/C19H19ClF3N3O/c20-16-12-14(19(21,22)23)13-24-17(16)6-7-18(27)26-10-8-25(9-11-26)15-4-2-1-3-5-15/h1-5,12-13H,6-11H2. The highest BCUT2D eigenvalue weighted by molar-refractivity contribution is 6.31. The second kappa shape index (κ2) is 8.17. The van der Waals surface area contributed by atoms with Gasteiger partial charge in [0.05, 0.1) is 16.3 Å². The summed E-state index contributed by atoms with van der Waals surface area (Å²) in [5.74, 6) is -0.0412. The summed E-state index contributed by atoms with van der Waals surface area (Å²) in [6.45, 7) is 2.72. The molecule has 4 nitrogen and oxygen atoms in total. The summed E-state index contributed by atoms with van der Waals surface area (Å²) in [4.78, 5) is 20.2. The van der Waals surface area contributed by atoms with E-state index in [1.165, 1.54) is 0 Å². The van der Waals surface area contributed by atoms with Gasteiger partial charge in [-0.05, 0) is 24.6 Å². The van der Waals surface area contributed by atoms with Crippen LogP contribution in [-0.2, 0) is 17.4 Å². The number of pyridine rings is 1. The summed E-state index contributed by atoms with van der Waals surface area (Å²) in [7, 11) is 0. The molecule has 27 heavy (non-hydrogen) atoms. The summed E-state index contributed by atoms with van der Waals surface area (Å²) >= 11 is 5.90. The molecule has 8 heteroatoms. The number of piperazine rings is 1. The van der Waals surface area contributed by atoms with E-state index < -0.39 is 11.7 Å². The quantitative estimate of drug-likeness (QED) is 0.781. The molecule has 0 N–H and O–H groups in total. The molecule has 0 aliphatic carbocycles. The molecule has 1 aromatic heterocycles. The molecule has 0 spiro atoms. The van der Waals surface area contributed by atoms with Crippen molar-refractivity contribution < 1.29 is 18.0 Å². The van der Waals surface area contributed by atoms with Gasteiger partial charge in [-0.3, -0.25) is 9.78 Å². The van der Waals surface area contributed by atoms with Crippen LogP contribution in [-0.4, -0.2) is 42.0 Å². The van der Waals surface area contributed by atoms with E-state index in [2.05, 4.69) is 9.88 Å². The van der Waals surface area contributed by atoms with Crippen LogP contribution in [0.5, 0.6) is 0 Å². The number of hydrogen-bond acceptors (Lipinski definition) is 3. The average molecular weight is 398 g/mol. The number of nitrogens with zero attached hydrogens (tertiary/aromatic N) is 3. The van der Waals surface area contributed by atoms with E-state index in [4.69, 9.17) is 11.6 Å². The molecule has 0 unspecified atom stereocenters. The maximum Gasteiger partial charge on any atom is 0.417 e. The molecule has 0 atom stereocenters. The Morgan fingerprint density at radius 3 is 2.37 bits per heavy atom. The Labute approximate surface area is 160 Å². The van der Waals surface area contributed by atoms with Crippen LogP contribution in [0.15, 0.2) is 42.6 Å². The van der Waals surface area contributed by atoms with Crippen molar-refractivity contribution in [3.05, 3.63) is 58.9 Å². The minimum Gasteiger partial charge on any atom is -0.368 e. The number of alkyl halides is 3. The number of amides is 1. The fraction of sp³-hybridized carbons (Fsp3) is 0.368. The van der Waals surface area contributed by atoms with Crippen LogP contribution < -0.4 is 4.90 Å². The first-order valence-corrected chi connectivity index (χ1v) is 9.02. The molecule has 1 aliphatic rings. The molecule has 2 aromatic rings. The SMILES string of the molecule is O=C(CCc1ncc(C(F)(F)F)cc1Cl)N1CCN(c2ccccc2)CC1. The van der Waals surface area contributed by atoms with Crippen molar-refractivity contribution in [2.45, 2.75) is 19.0 Å². The highest BCUT2D eigenvalue weighted by Crippen LogP contribution is 2.31. The maximum absolute atomic E-state index is 12.6. The lowest BCUT2D eigenvalue weighted by Gasteiger charge is -2.36. The fourth-order valence-electron chi connectivity index (χ4n) is 3.04. The van der Waals surface area contributed by atoms with Crippen molar-refractivity contribution in [3.63, 3.8) is 0 Å². The Hall–Kier alpha value is -2.28. The van der Waals surface area contributed by atoms with E-state index >= 15 is 0 Å². The molecule has 0 radical (unpaired) electrons. The van der Waals surface area contributed by atoms with Gasteiger partial charge < -0.3 is 9.80 Å². The second-order valence-corrected chi connectivity index (χ2v) is 6.76. The predicted molar refractivity (Wildman–Crippen MR) is 97.8 cm³/mol. The van der Waals surface area contributed by atoms with E-state index in [-0.39, 0.29) is 23.8 Å². The van der Waals surface area contributed by atoms with Gasteiger partial charge in [0.1, 0.15) is 0 Å². The zero-order chi connectivity index (χ0) is 19.4. The van der Waals surface area contributed by atoms with Crippen molar-refractivity contribution in [1.82, 2.24) is 9.88 Å². The Morgan fingerprint density at radius 1 is 1.11 bits per heavy atom. The van der Waals surface area contributed by atoms with Gasteiger partial charge in [-0.2, -0.15) is 13.2 Å². The highest BCUT2D eigenvalue weighted by atomic mass is 35.5. The Kier molecular flexibility index (Phi) is 5.89. The number of anilines is 1. The summed E-state index contributed by atoms with van der Waals surface area (Å²) < 4.78 is 37.9. The van der Waals surface area contributed by atoms with E-state index in [0.29, 0.717) is 18.8 Å². The lowest BCUT2D eigenvalue weighted by Crippen LogP contribution is -2.48. The molecule has 1 fully saturated rings. The number of carbonyl (C=O) groups excluding carboxylic acids is 1. The number of halogens is 4. The topological polar surface area (TPSA) is 36.4 Å². The maximum atomic E-state index is 12.6. The minimum atomic E-state index is -4.48. The van der Waals surface area contributed by atoms with Gasteiger partial charge in [-0.15, -0.1) is 0 Å². The number of aryl methyl sites for hydroxylation is 1. The normalized spacial score (nSPS) is 15.1. The third-order valence-electron chi connectivity index (χ3n) is 4.57. The first-order chi connectivity index (χ1) is 12.8. The third kappa shape index (κ3) is 4.91. The van der Waals surface area contributed by atoms with Gasteiger partial charge >= 0.3 is 6.18 Å². The molecule has 3 rings (SSSR count). The smallest absolute Gasteiger partial charge is 0.368 e. The molecule has 1 aromatic carbocycles. The average Bonchev–Trinajstić information content (AvgIpc) is 2.67. The number of benzene rings is 1. The number of rotatable bonds is 4. The predicted octanol–water partition coefficient (Wildman–Crippen LogP) is 4.04. The minimum absolute atomic E-state index is 0.0412. The number of aromatic nitrogens is 1. The Balaban J connectivity index is 1.52. The van der Waals surface area contributed by atoms with Gasteiger partial charge in [0.25, 0.3) is 0 Å². The van der Waals surface area contributed by atoms with E-state index in [1.54, 1.807) is 4.90 Å². The summed E-state index contributed by atoms with van der Waals surface area (Å²) in [6, 6.07) is 10.9. The van der Waals surface area contributed by atoms with Crippen molar-refractivity contribution in [1.29, 1.82) is 0 Å². The number of hydrogen-bond donors (Lipinski definition) is 0. The molecular formula is C19H19ClF3N3O. The Morgan fingerprint density at radius 2 is 1.78 bits per heavy atom. The van der Waals surface area contributed by atoms with E-state index in [0.717, 1.165) is 31.0 Å². The van der Waals surface area contributed by atoms with E-state index in [9.17, 15) is 18.0 Å². The van der Waals surface area contributed by atoms with Crippen molar-refractivity contribution in [2.75, 3.05) is 31.1 Å². The van der Waals surface area contributed by atoms with Gasteiger partial charge in [0.15, 0.2) is 0 Å². The van der Waals surface area contributed by atoms with Gasteiger partial charge in [0, 0.05) is 44.5 Å². The molecule has 2 heterocycles. The molecule has 1 amide bonds. The molecule has 0 bridgehead atoms. The van der Waals surface area contributed by atoms with Crippen LogP contribution in [0, 0.1) is 0 Å². The highest BCUT2D eigenvalue weighted by Gasteiger charge is 2.31. The van der Waals surface area contributed by atoms with Crippen molar-refractivity contribution in [2.24, 2.45) is 0 Å². The lowest BCUT2D eigenvalue weighted by atomic mass is 10.1. The van der Waals surface area contributed by atoms with Crippen LogP contribution in [0.3, 0.4) is 0 Å². The van der Waals surface area contributed by atoms with Gasteiger partial charge in [0.2, 0.25) is 5.91 Å². The summed E-state index contributed by atoms with van der Waals surface area (Å²) in [5.41, 5.74) is 0.547. The van der Waals surface area contributed by atoms with Crippen LogP contribution in [0.4, 0.5) is 18.9 Å². The molecule has 1 saturated heterocycles. The summed E-state index contributed by atoms with van der Waals surface area (Å²) in [5, 5.41) is -0.0634. The van der Waals surface area contributed by atoms with Crippen LogP contribution in [0.1, 0.15) is 17.7 Å². The largest absolute Gasteiger partial charge is 0.417 e. The third-order valence-corrected chi connectivity index (χ3v) is 4.90. The number of para-hydroxylation sites is 1. The van der Waals surface area contributed by atoms with Crippen molar-refractivity contribution >= 4 is 23.2 Å². The lowest BCUT2D eigenvalue weighted by molar-refractivity contribution is -0.138. The second-order valence-electron chi connectivity index (χ2n) is 6.35. The Bertz CT molecular complexity index is 791. The molecule has 144 valence electrons. The molecule has 1 aliphatic heterocycles. The summed E-state index contributed by atoms with van der Waals surface area (Å²) in [6.07, 6.45) is -3.34. The van der Waals surface area contributed by atoms with Crippen LogP contribution in [0.2, 0.25) is 5.02 Å². The zero-order valence-corrected chi connectivity index (χ0v) is 15.3. The van der Waals surface area contributed by atoms with Gasteiger partial charge in [-0.1, -0.05) is 29.8 Å². The fourth-order valence-corrected chi connectivity index (χ4v) is 3.30. The first kappa shape index (κ1) is 19.5. The first-order valence-electron chi connectivity index (χ1n) is 8.64. The molecule has 0 saturated carbocycles. The van der Waals surface area contributed by atoms with E-state index in [1.807, 2.05) is 30.3 Å². The monoisotopic (exact) mass is 397 g/mol. The zero-order valence-electron chi connectivity index (χ0n) is 14.5. The van der Waals surface area contributed by atoms with Crippen molar-refractivity contribution in [3.8, 4) is 0 Å². The molecular weight excluding hydrogens is 379 g/mol. The number of carbonyl (C=O) groups is 1.